The molecule has 3 aromatic rings. The first-order chi connectivity index (χ1) is 12.2. The maximum Gasteiger partial charge on any atom is 0.226 e. The highest BCUT2D eigenvalue weighted by atomic mass is 19.1. The Morgan fingerprint density at radius 2 is 1.68 bits per heavy atom. The largest absolute Gasteiger partial charge is 0.346 e. The van der Waals surface area contributed by atoms with E-state index in [0.717, 1.165) is 17.7 Å². The Bertz CT molecular complexity index is 808. The van der Waals surface area contributed by atoms with Crippen LogP contribution in [0.25, 0.3) is 0 Å². The Labute approximate surface area is 147 Å². The molecule has 0 aliphatic carbocycles. The number of halogens is 1. The van der Waals surface area contributed by atoms with Gasteiger partial charge in [-0.05, 0) is 53.9 Å². The number of nitrogens with one attached hydrogen (secondary N) is 1. The molecule has 2 aromatic carbocycles. The first kappa shape index (κ1) is 17.0. The van der Waals surface area contributed by atoms with E-state index in [-0.39, 0.29) is 24.2 Å². The van der Waals surface area contributed by atoms with Crippen LogP contribution in [0.15, 0.2) is 73.1 Å². The summed E-state index contributed by atoms with van der Waals surface area (Å²) >= 11 is 0. The second-order valence-electron chi connectivity index (χ2n) is 6.00. The SMILES string of the molecule is CCc1ccc(NC(=O)CC(c2ccc(F)cc2)n2cccc2)cc1. The molecular weight excluding hydrogens is 315 g/mol. The summed E-state index contributed by atoms with van der Waals surface area (Å²) in [6.45, 7) is 2.10. The Kier molecular flexibility index (Phi) is 5.29. The van der Waals surface area contributed by atoms with Crippen LogP contribution < -0.4 is 5.32 Å². The van der Waals surface area contributed by atoms with Crippen LogP contribution in [0.4, 0.5) is 10.1 Å². The zero-order valence-corrected chi connectivity index (χ0v) is 14.2. The average Bonchev–Trinajstić information content (AvgIpc) is 3.15. The molecule has 3 nitrogen and oxygen atoms in total. The molecule has 0 saturated heterocycles. The minimum atomic E-state index is -0.282. The molecule has 0 radical (unpaired) electrons. The summed E-state index contributed by atoms with van der Waals surface area (Å²) in [4.78, 5) is 12.5. The van der Waals surface area contributed by atoms with E-state index in [1.807, 2.05) is 53.4 Å². The fraction of sp³-hybridized carbons (Fsp3) is 0.190. The fourth-order valence-corrected chi connectivity index (χ4v) is 2.85. The van der Waals surface area contributed by atoms with E-state index in [2.05, 4.69) is 12.2 Å². The third-order valence-electron chi connectivity index (χ3n) is 4.27. The monoisotopic (exact) mass is 336 g/mol. The second kappa shape index (κ2) is 7.79. The van der Waals surface area contributed by atoms with Crippen LogP contribution in [-0.2, 0) is 11.2 Å². The van der Waals surface area contributed by atoms with Crippen LogP contribution in [0.5, 0.6) is 0 Å². The predicted molar refractivity (Wildman–Crippen MR) is 98.0 cm³/mol. The van der Waals surface area contributed by atoms with Gasteiger partial charge in [0.05, 0.1) is 12.5 Å². The molecule has 0 spiro atoms. The van der Waals surface area contributed by atoms with E-state index in [9.17, 15) is 9.18 Å². The first-order valence-corrected chi connectivity index (χ1v) is 8.42. The second-order valence-corrected chi connectivity index (χ2v) is 6.00. The van der Waals surface area contributed by atoms with Crippen molar-refractivity contribution in [1.29, 1.82) is 0 Å². The zero-order chi connectivity index (χ0) is 17.6. The Balaban J connectivity index is 1.75. The molecule has 0 saturated carbocycles. The molecule has 1 heterocycles. The van der Waals surface area contributed by atoms with Gasteiger partial charge < -0.3 is 9.88 Å². The molecule has 1 aromatic heterocycles. The molecule has 4 heteroatoms. The van der Waals surface area contributed by atoms with E-state index in [0.29, 0.717) is 0 Å². The van der Waals surface area contributed by atoms with Gasteiger partial charge in [0.1, 0.15) is 5.82 Å². The number of hydrogen-bond acceptors (Lipinski definition) is 1. The van der Waals surface area contributed by atoms with Crippen LogP contribution in [0, 0.1) is 5.82 Å². The van der Waals surface area contributed by atoms with E-state index in [4.69, 9.17) is 0 Å². The molecule has 0 fully saturated rings. The number of aryl methyl sites for hydroxylation is 1. The topological polar surface area (TPSA) is 34.0 Å². The average molecular weight is 336 g/mol. The smallest absolute Gasteiger partial charge is 0.226 e. The third kappa shape index (κ3) is 4.35. The highest BCUT2D eigenvalue weighted by molar-refractivity contribution is 5.91. The highest BCUT2D eigenvalue weighted by Gasteiger charge is 2.17. The number of anilines is 1. The van der Waals surface area contributed by atoms with Crippen molar-refractivity contribution in [3.05, 3.63) is 90.0 Å². The third-order valence-corrected chi connectivity index (χ3v) is 4.27. The summed E-state index contributed by atoms with van der Waals surface area (Å²) < 4.78 is 15.2. The lowest BCUT2D eigenvalue weighted by atomic mass is 10.0. The molecule has 1 amide bonds. The number of aromatic nitrogens is 1. The summed E-state index contributed by atoms with van der Waals surface area (Å²) in [6, 6.07) is 17.8. The van der Waals surface area contributed by atoms with Crippen LogP contribution in [0.3, 0.4) is 0 Å². The molecule has 25 heavy (non-hydrogen) atoms. The lowest BCUT2D eigenvalue weighted by Gasteiger charge is -2.19. The Morgan fingerprint density at radius 1 is 1.04 bits per heavy atom. The molecule has 0 aliphatic rings. The normalized spacial score (nSPS) is 11.9. The van der Waals surface area contributed by atoms with Crippen molar-refractivity contribution >= 4 is 11.6 Å². The van der Waals surface area contributed by atoms with Gasteiger partial charge in [-0.2, -0.15) is 0 Å². The van der Waals surface area contributed by atoms with Crippen LogP contribution in [0.1, 0.15) is 30.5 Å². The summed E-state index contributed by atoms with van der Waals surface area (Å²) in [6.07, 6.45) is 5.07. The van der Waals surface area contributed by atoms with Crippen LogP contribution in [0.2, 0.25) is 0 Å². The van der Waals surface area contributed by atoms with E-state index >= 15 is 0 Å². The summed E-state index contributed by atoms with van der Waals surface area (Å²) in [5.41, 5.74) is 2.91. The molecule has 1 unspecified atom stereocenters. The molecule has 3 rings (SSSR count). The minimum absolute atomic E-state index is 0.0766. The quantitative estimate of drug-likeness (QED) is 0.689. The van der Waals surface area contributed by atoms with Crippen molar-refractivity contribution < 1.29 is 9.18 Å². The fourth-order valence-electron chi connectivity index (χ4n) is 2.85. The predicted octanol–water partition coefficient (Wildman–Crippen LogP) is 4.81. The molecular formula is C21H21FN2O. The van der Waals surface area contributed by atoms with Crippen molar-refractivity contribution in [3.8, 4) is 0 Å². The number of carbonyl (C=O) groups excluding carboxylic acids is 1. The maximum atomic E-state index is 13.2. The molecule has 1 atom stereocenters. The number of rotatable bonds is 6. The molecule has 128 valence electrons. The van der Waals surface area contributed by atoms with Gasteiger partial charge >= 0.3 is 0 Å². The van der Waals surface area contributed by atoms with Crippen molar-refractivity contribution in [2.45, 2.75) is 25.8 Å². The van der Waals surface area contributed by atoms with Gasteiger partial charge in [0, 0.05) is 18.1 Å². The lowest BCUT2D eigenvalue weighted by Crippen LogP contribution is -2.19. The standard InChI is InChI=1S/C21H21FN2O/c1-2-16-5-11-19(12-6-16)23-21(25)15-20(24-13-3-4-14-24)17-7-9-18(22)10-8-17/h3-14,20H,2,15H2,1H3,(H,23,25). The van der Waals surface area contributed by atoms with E-state index < -0.39 is 0 Å². The number of nitrogens with zero attached hydrogens (tertiary/aromatic N) is 1. The van der Waals surface area contributed by atoms with E-state index in [1.165, 1.54) is 17.7 Å². The van der Waals surface area contributed by atoms with Gasteiger partial charge in [0.2, 0.25) is 5.91 Å². The maximum absolute atomic E-state index is 13.2. The zero-order valence-electron chi connectivity index (χ0n) is 14.2. The van der Waals surface area contributed by atoms with Crippen LogP contribution in [-0.4, -0.2) is 10.5 Å². The van der Waals surface area contributed by atoms with Crippen LogP contribution >= 0.6 is 0 Å². The Hall–Kier alpha value is -2.88. The van der Waals surface area contributed by atoms with Gasteiger partial charge in [-0.15, -0.1) is 0 Å². The minimum Gasteiger partial charge on any atom is -0.346 e. The number of hydrogen-bond donors (Lipinski definition) is 1. The molecule has 1 N–H and O–H groups in total. The van der Waals surface area contributed by atoms with Crippen molar-refractivity contribution in [2.24, 2.45) is 0 Å². The molecule has 0 bridgehead atoms. The lowest BCUT2D eigenvalue weighted by molar-refractivity contribution is -0.116. The first-order valence-electron chi connectivity index (χ1n) is 8.42. The van der Waals surface area contributed by atoms with Gasteiger partial charge in [-0.3, -0.25) is 4.79 Å². The van der Waals surface area contributed by atoms with Crippen molar-refractivity contribution in [1.82, 2.24) is 4.57 Å². The van der Waals surface area contributed by atoms with Gasteiger partial charge in [0.15, 0.2) is 0 Å². The number of carbonyl (C=O) groups is 1. The number of amides is 1. The summed E-state index contributed by atoms with van der Waals surface area (Å²) in [7, 11) is 0. The summed E-state index contributed by atoms with van der Waals surface area (Å²) in [5, 5.41) is 2.94. The van der Waals surface area contributed by atoms with Crippen molar-refractivity contribution in [2.75, 3.05) is 5.32 Å². The Morgan fingerprint density at radius 3 is 2.28 bits per heavy atom. The van der Waals surface area contributed by atoms with Crippen molar-refractivity contribution in [3.63, 3.8) is 0 Å². The number of benzene rings is 2. The summed E-state index contributed by atoms with van der Waals surface area (Å²) in [5.74, 6) is -0.359. The van der Waals surface area contributed by atoms with Gasteiger partial charge in [0.25, 0.3) is 0 Å². The highest BCUT2D eigenvalue weighted by Crippen LogP contribution is 2.23. The van der Waals surface area contributed by atoms with Gasteiger partial charge in [-0.25, -0.2) is 4.39 Å². The van der Waals surface area contributed by atoms with Gasteiger partial charge in [-0.1, -0.05) is 31.2 Å². The molecule has 0 aliphatic heterocycles. The van der Waals surface area contributed by atoms with E-state index in [1.54, 1.807) is 12.1 Å².